The Labute approximate surface area is 149 Å². The number of rotatable bonds is 5. The van der Waals surface area contributed by atoms with Crippen LogP contribution in [-0.4, -0.2) is 29.6 Å². The highest BCUT2D eigenvalue weighted by Crippen LogP contribution is 2.23. The van der Waals surface area contributed by atoms with E-state index in [0.29, 0.717) is 0 Å². The summed E-state index contributed by atoms with van der Waals surface area (Å²) in [6.07, 6.45) is 3.39. The smallest absolute Gasteiger partial charge is 0.134 e. The Morgan fingerprint density at radius 3 is 2.75 bits per heavy atom. The molecule has 0 unspecified atom stereocenters. The minimum Gasteiger partial charge on any atom is -0.370 e. The molecule has 0 spiro atoms. The van der Waals surface area contributed by atoms with Crippen molar-refractivity contribution in [1.82, 2.24) is 9.97 Å². The van der Waals surface area contributed by atoms with Crippen molar-refractivity contribution in [1.29, 1.82) is 0 Å². The molecule has 1 aromatic carbocycles. The van der Waals surface area contributed by atoms with Crippen LogP contribution in [0.25, 0.3) is 0 Å². The van der Waals surface area contributed by atoms with Gasteiger partial charge in [-0.2, -0.15) is 0 Å². The van der Waals surface area contributed by atoms with Gasteiger partial charge in [-0.25, -0.2) is 9.97 Å². The molecule has 1 aliphatic rings. The Morgan fingerprint density at radius 1 is 1.21 bits per heavy atom. The van der Waals surface area contributed by atoms with Crippen molar-refractivity contribution in [2.45, 2.75) is 33.1 Å². The summed E-state index contributed by atoms with van der Waals surface area (Å²) >= 11 is 6.03. The quantitative estimate of drug-likeness (QED) is 0.876. The van der Waals surface area contributed by atoms with Crippen LogP contribution in [0, 0.1) is 12.8 Å². The van der Waals surface area contributed by atoms with E-state index in [1.54, 1.807) is 0 Å². The maximum absolute atomic E-state index is 6.03. The van der Waals surface area contributed by atoms with Crippen LogP contribution in [0.3, 0.4) is 0 Å². The zero-order valence-electron chi connectivity index (χ0n) is 14.4. The summed E-state index contributed by atoms with van der Waals surface area (Å²) in [5.41, 5.74) is 1.23. The number of piperidine rings is 1. The van der Waals surface area contributed by atoms with E-state index in [1.165, 1.54) is 18.4 Å². The van der Waals surface area contributed by atoms with Gasteiger partial charge < -0.3 is 10.2 Å². The van der Waals surface area contributed by atoms with Crippen LogP contribution in [0.5, 0.6) is 0 Å². The third-order valence-electron chi connectivity index (χ3n) is 4.54. The molecule has 0 amide bonds. The summed E-state index contributed by atoms with van der Waals surface area (Å²) < 4.78 is 0. The van der Waals surface area contributed by atoms with E-state index in [-0.39, 0.29) is 0 Å². The summed E-state index contributed by atoms with van der Waals surface area (Å²) in [4.78, 5) is 11.5. The third-order valence-corrected chi connectivity index (χ3v) is 4.78. The fourth-order valence-corrected chi connectivity index (χ4v) is 3.28. The molecule has 2 aromatic rings. The fraction of sp³-hybridized carbons (Fsp3) is 0.474. The van der Waals surface area contributed by atoms with E-state index in [1.807, 2.05) is 25.1 Å². The minimum absolute atomic E-state index is 0.784. The molecule has 1 saturated heterocycles. The summed E-state index contributed by atoms with van der Waals surface area (Å²) in [5.74, 6) is 3.58. The molecule has 1 aliphatic heterocycles. The molecule has 3 rings (SSSR count). The number of aryl methyl sites for hydroxylation is 1. The van der Waals surface area contributed by atoms with Crippen LogP contribution < -0.4 is 10.2 Å². The van der Waals surface area contributed by atoms with Crippen LogP contribution in [0.4, 0.5) is 11.6 Å². The van der Waals surface area contributed by atoms with Crippen molar-refractivity contribution in [3.05, 3.63) is 46.7 Å². The second-order valence-corrected chi connectivity index (χ2v) is 7.07. The highest BCUT2D eigenvalue weighted by atomic mass is 35.5. The monoisotopic (exact) mass is 344 g/mol. The first kappa shape index (κ1) is 17.0. The van der Waals surface area contributed by atoms with Gasteiger partial charge in [0.05, 0.1) is 0 Å². The van der Waals surface area contributed by atoms with Gasteiger partial charge in [0.1, 0.15) is 17.5 Å². The van der Waals surface area contributed by atoms with Gasteiger partial charge in [-0.1, -0.05) is 30.7 Å². The second kappa shape index (κ2) is 7.84. The lowest BCUT2D eigenvalue weighted by atomic mass is 9.99. The number of hydrogen-bond acceptors (Lipinski definition) is 4. The third kappa shape index (κ3) is 4.60. The number of hydrogen-bond donors (Lipinski definition) is 1. The standard InChI is InChI=1S/C19H25ClN4/c1-14-7-10-24(11-8-14)19-13-18(22-15(2)23-19)21-9-6-16-4-3-5-17(20)12-16/h3-5,12-14H,6-11H2,1-2H3,(H,21,22,23). The van der Waals surface area contributed by atoms with Crippen LogP contribution in [0.15, 0.2) is 30.3 Å². The van der Waals surface area contributed by atoms with E-state index < -0.39 is 0 Å². The molecule has 1 N–H and O–H groups in total. The summed E-state index contributed by atoms with van der Waals surface area (Å²) in [5, 5.41) is 4.21. The van der Waals surface area contributed by atoms with Gasteiger partial charge in [-0.15, -0.1) is 0 Å². The van der Waals surface area contributed by atoms with Crippen LogP contribution in [-0.2, 0) is 6.42 Å². The molecule has 1 fully saturated rings. The van der Waals surface area contributed by atoms with Crippen molar-refractivity contribution in [3.63, 3.8) is 0 Å². The van der Waals surface area contributed by atoms with Gasteiger partial charge in [-0.05, 0) is 49.8 Å². The molecule has 0 bridgehead atoms. The van der Waals surface area contributed by atoms with E-state index in [2.05, 4.69) is 39.2 Å². The fourth-order valence-electron chi connectivity index (χ4n) is 3.07. The van der Waals surface area contributed by atoms with E-state index in [4.69, 9.17) is 11.6 Å². The molecule has 5 heteroatoms. The molecular weight excluding hydrogens is 320 g/mol. The largest absolute Gasteiger partial charge is 0.370 e. The van der Waals surface area contributed by atoms with Crippen LogP contribution >= 0.6 is 11.6 Å². The highest BCUT2D eigenvalue weighted by Gasteiger charge is 2.17. The normalized spacial score (nSPS) is 15.5. The number of halogens is 1. The molecule has 4 nitrogen and oxygen atoms in total. The first-order valence-electron chi connectivity index (χ1n) is 8.69. The Kier molecular flexibility index (Phi) is 5.56. The first-order valence-corrected chi connectivity index (χ1v) is 9.07. The highest BCUT2D eigenvalue weighted by molar-refractivity contribution is 6.30. The minimum atomic E-state index is 0.784. The Balaban J connectivity index is 1.61. The van der Waals surface area contributed by atoms with E-state index in [0.717, 1.165) is 54.5 Å². The van der Waals surface area contributed by atoms with Crippen LogP contribution in [0.1, 0.15) is 31.2 Å². The lowest BCUT2D eigenvalue weighted by molar-refractivity contribution is 0.436. The van der Waals surface area contributed by atoms with Crippen molar-refractivity contribution in [2.24, 2.45) is 5.92 Å². The molecule has 0 atom stereocenters. The lowest BCUT2D eigenvalue weighted by Crippen LogP contribution is -2.33. The van der Waals surface area contributed by atoms with Gasteiger partial charge in [-0.3, -0.25) is 0 Å². The van der Waals surface area contributed by atoms with Crippen LogP contribution in [0.2, 0.25) is 5.02 Å². The Hall–Kier alpha value is -1.81. The molecule has 0 saturated carbocycles. The summed E-state index contributed by atoms with van der Waals surface area (Å²) in [6.45, 7) is 7.27. The SMILES string of the molecule is Cc1nc(NCCc2cccc(Cl)c2)cc(N2CCC(C)CC2)n1. The first-order chi connectivity index (χ1) is 11.6. The predicted octanol–water partition coefficient (Wildman–Crippen LogP) is 4.33. The van der Waals surface area contributed by atoms with Gasteiger partial charge in [0.15, 0.2) is 0 Å². The van der Waals surface area contributed by atoms with Gasteiger partial charge in [0.2, 0.25) is 0 Å². The molecule has 0 aliphatic carbocycles. The predicted molar refractivity (Wildman–Crippen MR) is 101 cm³/mol. The number of anilines is 2. The zero-order chi connectivity index (χ0) is 16.9. The summed E-state index contributed by atoms with van der Waals surface area (Å²) in [7, 11) is 0. The molecule has 128 valence electrons. The van der Waals surface area contributed by atoms with Gasteiger partial charge >= 0.3 is 0 Å². The summed E-state index contributed by atoms with van der Waals surface area (Å²) in [6, 6.07) is 10.1. The van der Waals surface area contributed by atoms with Crippen molar-refractivity contribution >= 4 is 23.2 Å². The molecule has 24 heavy (non-hydrogen) atoms. The Bertz CT molecular complexity index is 681. The average molecular weight is 345 g/mol. The number of aromatic nitrogens is 2. The topological polar surface area (TPSA) is 41.1 Å². The zero-order valence-corrected chi connectivity index (χ0v) is 15.2. The number of benzene rings is 1. The second-order valence-electron chi connectivity index (χ2n) is 6.63. The number of nitrogens with one attached hydrogen (secondary N) is 1. The lowest BCUT2D eigenvalue weighted by Gasteiger charge is -2.31. The maximum Gasteiger partial charge on any atom is 0.134 e. The van der Waals surface area contributed by atoms with Crippen molar-refractivity contribution in [2.75, 3.05) is 29.9 Å². The average Bonchev–Trinajstić information content (AvgIpc) is 2.55. The molecule has 0 radical (unpaired) electrons. The molecular formula is C19H25ClN4. The van der Waals surface area contributed by atoms with Gasteiger partial charge in [0.25, 0.3) is 0 Å². The maximum atomic E-state index is 6.03. The Morgan fingerprint density at radius 2 is 2.00 bits per heavy atom. The van der Waals surface area contributed by atoms with Crippen molar-refractivity contribution in [3.8, 4) is 0 Å². The van der Waals surface area contributed by atoms with E-state index in [9.17, 15) is 0 Å². The van der Waals surface area contributed by atoms with E-state index >= 15 is 0 Å². The van der Waals surface area contributed by atoms with Crippen molar-refractivity contribution < 1.29 is 0 Å². The number of nitrogens with zero attached hydrogens (tertiary/aromatic N) is 3. The molecule has 1 aromatic heterocycles. The molecule has 2 heterocycles. The van der Waals surface area contributed by atoms with Gasteiger partial charge in [0, 0.05) is 30.7 Å².